The molecule has 0 radical (unpaired) electrons. The zero-order valence-electron chi connectivity index (χ0n) is 19.8. The smallest absolute Gasteiger partial charge is 0.417 e. The molecule has 1 atom stereocenters. The zero-order chi connectivity index (χ0) is 25.0. The molecule has 0 bridgehead atoms. The van der Waals surface area contributed by atoms with Gasteiger partial charge in [-0.3, -0.25) is 4.90 Å². The molecule has 36 heavy (non-hydrogen) atoms. The third-order valence-electron chi connectivity index (χ3n) is 6.89. The van der Waals surface area contributed by atoms with Gasteiger partial charge in [0, 0.05) is 35.6 Å². The third-order valence-corrected chi connectivity index (χ3v) is 6.89. The summed E-state index contributed by atoms with van der Waals surface area (Å²) in [6.45, 7) is 1.90. The second-order valence-corrected chi connectivity index (χ2v) is 9.14. The number of hydrogen-bond donors (Lipinski definition) is 2. The Labute approximate surface area is 209 Å². The van der Waals surface area contributed by atoms with Crippen molar-refractivity contribution in [1.82, 2.24) is 9.88 Å². The van der Waals surface area contributed by atoms with E-state index in [0.29, 0.717) is 12.3 Å². The highest BCUT2D eigenvalue weighted by atomic mass is 16.6. The number of nitrogens with zero attached hydrogens (tertiary/aromatic N) is 1. The molecule has 1 fully saturated rings. The van der Waals surface area contributed by atoms with Crippen molar-refractivity contribution in [3.63, 3.8) is 0 Å². The van der Waals surface area contributed by atoms with Crippen LogP contribution >= 0.6 is 0 Å². The molecule has 7 nitrogen and oxygen atoms in total. The van der Waals surface area contributed by atoms with Crippen LogP contribution in [-0.4, -0.2) is 59.3 Å². The number of carboxylic acid groups (broad SMARTS) is 1. The Bertz CT molecular complexity index is 1300. The van der Waals surface area contributed by atoms with Crippen LogP contribution in [0.25, 0.3) is 10.9 Å². The maximum absolute atomic E-state index is 12.0. The van der Waals surface area contributed by atoms with E-state index in [0.717, 1.165) is 30.4 Å². The minimum Gasteiger partial charge on any atom is -0.489 e. The Morgan fingerprint density at radius 1 is 0.944 bits per heavy atom. The number of rotatable bonds is 8. The summed E-state index contributed by atoms with van der Waals surface area (Å²) in [6, 6.07) is 28.4. The Balaban J connectivity index is 1.36. The van der Waals surface area contributed by atoms with Crippen molar-refractivity contribution in [2.24, 2.45) is 0 Å². The van der Waals surface area contributed by atoms with E-state index in [1.165, 1.54) is 11.1 Å². The third kappa shape index (κ3) is 4.83. The van der Waals surface area contributed by atoms with Gasteiger partial charge >= 0.3 is 11.9 Å². The molecule has 5 rings (SSSR count). The number of aromatic amines is 1. The maximum Gasteiger partial charge on any atom is 0.417 e. The van der Waals surface area contributed by atoms with Gasteiger partial charge < -0.3 is 19.6 Å². The van der Waals surface area contributed by atoms with E-state index < -0.39 is 18.0 Å². The highest BCUT2D eigenvalue weighted by molar-refractivity contribution is 6.28. The van der Waals surface area contributed by atoms with Gasteiger partial charge in [-0.05, 0) is 42.3 Å². The largest absolute Gasteiger partial charge is 0.489 e. The zero-order valence-corrected chi connectivity index (χ0v) is 19.8. The summed E-state index contributed by atoms with van der Waals surface area (Å²) in [5, 5.41) is 10.0. The number of likely N-dealkylation sites (tertiary alicyclic amines) is 1. The van der Waals surface area contributed by atoms with Crippen LogP contribution in [0.3, 0.4) is 0 Å². The number of carbonyl (C=O) groups is 2. The molecule has 2 heterocycles. The topological polar surface area (TPSA) is 91.9 Å². The quantitative estimate of drug-likeness (QED) is 0.287. The van der Waals surface area contributed by atoms with Crippen LogP contribution in [0.15, 0.2) is 91.1 Å². The predicted octanol–water partition coefficient (Wildman–Crippen LogP) is 4.24. The molecule has 0 aliphatic carbocycles. The molecular formula is C29H28N2O5. The van der Waals surface area contributed by atoms with E-state index in [-0.39, 0.29) is 12.0 Å². The minimum atomic E-state index is -1.61. The fraction of sp³-hybridized carbons (Fsp3) is 0.241. The number of ether oxygens (including phenoxy) is 2. The van der Waals surface area contributed by atoms with E-state index in [2.05, 4.69) is 58.4 Å². The molecule has 1 saturated heterocycles. The number of nitrogens with one attached hydrogen (secondary N) is 1. The number of carboxylic acids is 1. The fourth-order valence-electron chi connectivity index (χ4n) is 5.18. The van der Waals surface area contributed by atoms with Gasteiger partial charge in [-0.25, -0.2) is 9.59 Å². The van der Waals surface area contributed by atoms with Crippen molar-refractivity contribution >= 4 is 22.8 Å². The number of carbonyl (C=O) groups excluding carboxylic acids is 1. The van der Waals surface area contributed by atoms with Gasteiger partial charge in [0.15, 0.2) is 0 Å². The molecule has 3 aromatic carbocycles. The lowest BCUT2D eigenvalue weighted by Gasteiger charge is -2.32. The first-order valence-corrected chi connectivity index (χ1v) is 12.0. The normalized spacial score (nSPS) is 16.0. The van der Waals surface area contributed by atoms with Crippen molar-refractivity contribution in [3.8, 4) is 5.75 Å². The van der Waals surface area contributed by atoms with Crippen LogP contribution in [0.5, 0.6) is 5.75 Å². The van der Waals surface area contributed by atoms with Crippen molar-refractivity contribution < 1.29 is 24.2 Å². The minimum absolute atomic E-state index is 0.0451. The van der Waals surface area contributed by atoms with E-state index in [1.54, 1.807) is 0 Å². The Morgan fingerprint density at radius 2 is 1.64 bits per heavy atom. The van der Waals surface area contributed by atoms with Crippen molar-refractivity contribution in [2.45, 2.75) is 17.9 Å². The van der Waals surface area contributed by atoms with Crippen molar-refractivity contribution in [3.05, 3.63) is 102 Å². The average molecular weight is 485 g/mol. The van der Waals surface area contributed by atoms with Crippen molar-refractivity contribution in [1.29, 1.82) is 0 Å². The Kier molecular flexibility index (Phi) is 6.73. The Hall–Kier alpha value is -4.10. The van der Waals surface area contributed by atoms with Gasteiger partial charge in [-0.15, -0.1) is 0 Å². The van der Waals surface area contributed by atoms with Gasteiger partial charge in [0.2, 0.25) is 0 Å². The fourth-order valence-corrected chi connectivity index (χ4v) is 5.18. The van der Waals surface area contributed by atoms with Crippen LogP contribution in [0, 0.1) is 0 Å². The number of aromatic nitrogens is 1. The maximum atomic E-state index is 12.0. The first-order valence-electron chi connectivity index (χ1n) is 12.0. The lowest BCUT2D eigenvalue weighted by Crippen LogP contribution is -2.40. The van der Waals surface area contributed by atoms with E-state index in [9.17, 15) is 9.59 Å². The summed E-state index contributed by atoms with van der Waals surface area (Å²) < 4.78 is 11.4. The Morgan fingerprint density at radius 3 is 2.31 bits per heavy atom. The summed E-state index contributed by atoms with van der Waals surface area (Å²) >= 11 is 0. The van der Waals surface area contributed by atoms with Gasteiger partial charge in [0.25, 0.3) is 0 Å². The summed E-state index contributed by atoms with van der Waals surface area (Å²) in [5.41, 5.74) is 3.18. The predicted molar refractivity (Wildman–Crippen MR) is 136 cm³/mol. The van der Waals surface area contributed by atoms with Crippen LogP contribution in [0.1, 0.15) is 17.5 Å². The first-order chi connectivity index (χ1) is 17.5. The van der Waals surface area contributed by atoms with Crippen LogP contribution in [0.2, 0.25) is 0 Å². The average Bonchev–Trinajstić information content (AvgIpc) is 3.57. The molecule has 0 unspecified atom stereocenters. The number of benzene rings is 3. The van der Waals surface area contributed by atoms with Crippen molar-refractivity contribution in [2.75, 3.05) is 26.2 Å². The molecule has 0 saturated carbocycles. The molecule has 2 N–H and O–H groups in total. The van der Waals surface area contributed by atoms with Crippen LogP contribution in [-0.2, 0) is 19.7 Å². The van der Waals surface area contributed by atoms with Gasteiger partial charge in [-0.1, -0.05) is 66.7 Å². The molecular weight excluding hydrogens is 456 g/mol. The standard InChI is InChI=1S/C29H28N2O5/c32-27(33)28(34)36-23(19-35-26-13-7-12-25-24(26)14-16-30-25)18-31-17-15-29(20-31,21-8-3-1-4-9-21)22-10-5-2-6-11-22/h1-14,16,23,30H,15,17-20H2,(H,32,33)/t23-/m0/s1. The van der Waals surface area contributed by atoms with Gasteiger partial charge in [0.1, 0.15) is 18.5 Å². The molecule has 1 aliphatic rings. The van der Waals surface area contributed by atoms with Crippen LogP contribution < -0.4 is 4.74 Å². The second kappa shape index (κ2) is 10.3. The van der Waals surface area contributed by atoms with Gasteiger partial charge in [0.05, 0.1) is 0 Å². The summed E-state index contributed by atoms with van der Waals surface area (Å²) in [5.74, 6) is -2.24. The molecule has 1 aromatic heterocycles. The first kappa shape index (κ1) is 23.6. The molecule has 184 valence electrons. The van der Waals surface area contributed by atoms with E-state index in [1.807, 2.05) is 42.6 Å². The second-order valence-electron chi connectivity index (χ2n) is 9.14. The molecule has 4 aromatic rings. The monoisotopic (exact) mass is 484 g/mol. The van der Waals surface area contributed by atoms with Crippen LogP contribution in [0.4, 0.5) is 0 Å². The number of esters is 1. The molecule has 7 heteroatoms. The van der Waals surface area contributed by atoms with E-state index >= 15 is 0 Å². The summed E-state index contributed by atoms with van der Waals surface area (Å²) in [4.78, 5) is 28.6. The molecule has 0 spiro atoms. The molecule has 0 amide bonds. The highest BCUT2D eigenvalue weighted by Gasteiger charge is 2.42. The number of H-pyrrole nitrogens is 1. The lowest BCUT2D eigenvalue weighted by molar-refractivity contribution is -0.168. The van der Waals surface area contributed by atoms with E-state index in [4.69, 9.17) is 14.6 Å². The summed E-state index contributed by atoms with van der Waals surface area (Å²) in [7, 11) is 0. The highest BCUT2D eigenvalue weighted by Crippen LogP contribution is 2.41. The number of fused-ring (bicyclic) bond motifs is 1. The van der Waals surface area contributed by atoms with Gasteiger partial charge in [-0.2, -0.15) is 0 Å². The number of aliphatic carboxylic acids is 1. The summed E-state index contributed by atoms with van der Waals surface area (Å²) in [6.07, 6.45) is 1.98. The lowest BCUT2D eigenvalue weighted by atomic mass is 9.74. The number of hydrogen-bond acceptors (Lipinski definition) is 5. The molecule has 1 aliphatic heterocycles. The SMILES string of the molecule is O=C(O)C(=O)O[C@H](COc1cccc2[nH]ccc12)CN1CCC(c2ccccc2)(c2ccccc2)C1.